The predicted molar refractivity (Wildman–Crippen MR) is 85.4 cm³/mol. The molecule has 2 atom stereocenters. The summed E-state index contributed by atoms with van der Waals surface area (Å²) in [7, 11) is 0. The minimum Gasteiger partial charge on any atom is -0.378 e. The second-order valence-electron chi connectivity index (χ2n) is 6.10. The third kappa shape index (κ3) is 3.07. The van der Waals surface area contributed by atoms with Crippen LogP contribution in [0, 0.1) is 12.8 Å². The lowest BCUT2D eigenvalue weighted by Gasteiger charge is -2.41. The van der Waals surface area contributed by atoms with Crippen molar-refractivity contribution in [3.63, 3.8) is 0 Å². The van der Waals surface area contributed by atoms with E-state index in [1.165, 1.54) is 15.6 Å². The van der Waals surface area contributed by atoms with E-state index in [0.717, 1.165) is 32.4 Å². The second kappa shape index (κ2) is 6.54. The Balaban J connectivity index is 2.32. The van der Waals surface area contributed by atoms with Gasteiger partial charge < -0.3 is 10.1 Å². The van der Waals surface area contributed by atoms with Crippen molar-refractivity contribution < 1.29 is 4.74 Å². The smallest absolute Gasteiger partial charge is 0.113 e. The molecule has 0 aliphatic carbocycles. The van der Waals surface area contributed by atoms with Gasteiger partial charge in [-0.3, -0.25) is 0 Å². The van der Waals surface area contributed by atoms with Gasteiger partial charge in [0.1, 0.15) is 5.01 Å². The number of nitrogens with one attached hydrogen (secondary N) is 1. The summed E-state index contributed by atoms with van der Waals surface area (Å²) in [5.74, 6) is 0.556. The summed E-state index contributed by atoms with van der Waals surface area (Å²) in [6.07, 6.45) is 3.42. The molecule has 0 saturated carbocycles. The van der Waals surface area contributed by atoms with Crippen LogP contribution in [0.5, 0.6) is 0 Å². The molecule has 2 rings (SSSR count). The van der Waals surface area contributed by atoms with E-state index >= 15 is 0 Å². The summed E-state index contributed by atoms with van der Waals surface area (Å²) in [5.41, 5.74) is 1.28. The van der Waals surface area contributed by atoms with Gasteiger partial charge in [0.25, 0.3) is 0 Å². The molecule has 0 amide bonds. The molecule has 1 saturated heterocycles. The Morgan fingerprint density at radius 1 is 1.45 bits per heavy atom. The Morgan fingerprint density at radius 2 is 2.20 bits per heavy atom. The molecule has 1 aromatic rings. The first kappa shape index (κ1) is 15.9. The first-order valence-corrected chi connectivity index (χ1v) is 8.67. The maximum absolute atomic E-state index is 5.96. The molecule has 0 bridgehead atoms. The SMILES string of the molecule is CCNC1(c2nc(CC)c(C)s2)CCOC(C(C)C)C1. The van der Waals surface area contributed by atoms with Gasteiger partial charge in [0, 0.05) is 11.5 Å². The van der Waals surface area contributed by atoms with Crippen LogP contribution in [-0.4, -0.2) is 24.2 Å². The van der Waals surface area contributed by atoms with Crippen molar-refractivity contribution in [2.75, 3.05) is 13.2 Å². The maximum Gasteiger partial charge on any atom is 0.113 e. The number of hydrogen-bond donors (Lipinski definition) is 1. The van der Waals surface area contributed by atoms with Crippen LogP contribution in [-0.2, 0) is 16.7 Å². The van der Waals surface area contributed by atoms with Gasteiger partial charge in [0.05, 0.1) is 17.3 Å². The first-order chi connectivity index (χ1) is 9.52. The number of aryl methyl sites for hydroxylation is 2. The third-order valence-corrected chi connectivity index (χ3v) is 5.52. The van der Waals surface area contributed by atoms with Crippen LogP contribution in [0.4, 0.5) is 0 Å². The average molecular weight is 296 g/mol. The predicted octanol–water partition coefficient (Wildman–Crippen LogP) is 3.65. The molecule has 1 aromatic heterocycles. The average Bonchev–Trinajstić information content (AvgIpc) is 2.81. The number of ether oxygens (including phenoxy) is 1. The molecule has 1 aliphatic heterocycles. The highest BCUT2D eigenvalue weighted by atomic mass is 32.1. The van der Waals surface area contributed by atoms with Crippen LogP contribution in [0.2, 0.25) is 0 Å². The molecule has 4 heteroatoms. The number of thiazole rings is 1. The Morgan fingerprint density at radius 3 is 2.75 bits per heavy atom. The zero-order valence-electron chi connectivity index (χ0n) is 13.5. The van der Waals surface area contributed by atoms with Crippen LogP contribution in [0.15, 0.2) is 0 Å². The summed E-state index contributed by atoms with van der Waals surface area (Å²) in [6, 6.07) is 0. The Kier molecular flexibility index (Phi) is 5.21. The van der Waals surface area contributed by atoms with Crippen LogP contribution < -0.4 is 5.32 Å². The van der Waals surface area contributed by atoms with E-state index in [1.54, 1.807) is 0 Å². The van der Waals surface area contributed by atoms with Gasteiger partial charge in [-0.2, -0.15) is 0 Å². The normalized spacial score (nSPS) is 27.2. The van der Waals surface area contributed by atoms with Crippen molar-refractivity contribution >= 4 is 11.3 Å². The molecule has 0 radical (unpaired) electrons. The zero-order chi connectivity index (χ0) is 14.8. The van der Waals surface area contributed by atoms with E-state index in [2.05, 4.69) is 39.9 Å². The van der Waals surface area contributed by atoms with E-state index in [-0.39, 0.29) is 5.54 Å². The molecule has 1 N–H and O–H groups in total. The number of rotatable bonds is 5. The van der Waals surface area contributed by atoms with Gasteiger partial charge in [0.2, 0.25) is 0 Å². The quantitative estimate of drug-likeness (QED) is 0.900. The molecule has 2 unspecified atom stereocenters. The fourth-order valence-corrected chi connectivity index (χ4v) is 4.25. The number of nitrogens with zero attached hydrogens (tertiary/aromatic N) is 1. The molecule has 20 heavy (non-hydrogen) atoms. The van der Waals surface area contributed by atoms with Crippen molar-refractivity contribution in [3.8, 4) is 0 Å². The van der Waals surface area contributed by atoms with E-state index in [4.69, 9.17) is 9.72 Å². The largest absolute Gasteiger partial charge is 0.378 e. The molecule has 1 aliphatic rings. The monoisotopic (exact) mass is 296 g/mol. The summed E-state index contributed by atoms with van der Waals surface area (Å²) in [5, 5.41) is 5.00. The number of hydrogen-bond acceptors (Lipinski definition) is 4. The molecule has 0 spiro atoms. The van der Waals surface area contributed by atoms with Crippen molar-refractivity contribution in [1.29, 1.82) is 0 Å². The molecule has 3 nitrogen and oxygen atoms in total. The lowest BCUT2D eigenvalue weighted by Crippen LogP contribution is -2.50. The minimum atomic E-state index is 0.0186. The lowest BCUT2D eigenvalue weighted by atomic mass is 9.83. The van der Waals surface area contributed by atoms with Gasteiger partial charge in [-0.25, -0.2) is 4.98 Å². The van der Waals surface area contributed by atoms with E-state index < -0.39 is 0 Å². The highest BCUT2D eigenvalue weighted by Gasteiger charge is 2.41. The van der Waals surface area contributed by atoms with Crippen LogP contribution in [0.3, 0.4) is 0 Å². The van der Waals surface area contributed by atoms with Crippen LogP contribution in [0.1, 0.15) is 56.1 Å². The van der Waals surface area contributed by atoms with Gasteiger partial charge in [-0.15, -0.1) is 11.3 Å². The summed E-state index contributed by atoms with van der Waals surface area (Å²) >= 11 is 1.87. The standard InChI is InChI=1S/C16H28N2OS/c1-6-13-12(5)20-15(18-13)16(17-7-2)8-9-19-14(10-16)11(3)4/h11,14,17H,6-10H2,1-5H3. The Hall–Kier alpha value is -0.450. The summed E-state index contributed by atoms with van der Waals surface area (Å²) < 4.78 is 5.96. The lowest BCUT2D eigenvalue weighted by molar-refractivity contribution is -0.0531. The van der Waals surface area contributed by atoms with Crippen LogP contribution in [0.25, 0.3) is 0 Å². The summed E-state index contributed by atoms with van der Waals surface area (Å²) in [6.45, 7) is 12.9. The van der Waals surface area contributed by atoms with Gasteiger partial charge in [-0.05, 0) is 38.6 Å². The second-order valence-corrected chi connectivity index (χ2v) is 7.30. The van der Waals surface area contributed by atoms with E-state index in [1.807, 2.05) is 11.3 Å². The Bertz CT molecular complexity index is 440. The molecular weight excluding hydrogens is 268 g/mol. The van der Waals surface area contributed by atoms with Crippen LogP contribution >= 0.6 is 11.3 Å². The van der Waals surface area contributed by atoms with Crippen molar-refractivity contribution in [3.05, 3.63) is 15.6 Å². The highest BCUT2D eigenvalue weighted by molar-refractivity contribution is 7.11. The van der Waals surface area contributed by atoms with E-state index in [0.29, 0.717) is 12.0 Å². The highest BCUT2D eigenvalue weighted by Crippen LogP contribution is 2.39. The number of aromatic nitrogens is 1. The third-order valence-electron chi connectivity index (χ3n) is 4.31. The van der Waals surface area contributed by atoms with Crippen molar-refractivity contribution in [1.82, 2.24) is 10.3 Å². The molecule has 0 aromatic carbocycles. The molecule has 114 valence electrons. The fourth-order valence-electron chi connectivity index (χ4n) is 3.05. The zero-order valence-corrected chi connectivity index (χ0v) is 14.3. The van der Waals surface area contributed by atoms with Gasteiger partial charge in [-0.1, -0.05) is 27.7 Å². The van der Waals surface area contributed by atoms with Gasteiger partial charge in [0.15, 0.2) is 0 Å². The van der Waals surface area contributed by atoms with Crippen molar-refractivity contribution in [2.45, 2.75) is 65.5 Å². The van der Waals surface area contributed by atoms with Gasteiger partial charge >= 0.3 is 0 Å². The Labute approximate surface area is 127 Å². The first-order valence-electron chi connectivity index (χ1n) is 7.85. The minimum absolute atomic E-state index is 0.0186. The van der Waals surface area contributed by atoms with Crippen molar-refractivity contribution in [2.24, 2.45) is 5.92 Å². The summed E-state index contributed by atoms with van der Waals surface area (Å²) in [4.78, 5) is 6.30. The molecule has 2 heterocycles. The maximum atomic E-state index is 5.96. The topological polar surface area (TPSA) is 34.2 Å². The molecule has 1 fully saturated rings. The fraction of sp³-hybridized carbons (Fsp3) is 0.812. The molecular formula is C16H28N2OS. The van der Waals surface area contributed by atoms with E-state index in [9.17, 15) is 0 Å².